The zero-order chi connectivity index (χ0) is 15.2. The van der Waals surface area contributed by atoms with Crippen LogP contribution in [0.4, 0.5) is 0 Å². The molecule has 0 spiro atoms. The lowest BCUT2D eigenvalue weighted by atomic mass is 10.1. The van der Waals surface area contributed by atoms with Crippen molar-refractivity contribution in [3.8, 4) is 11.5 Å². The van der Waals surface area contributed by atoms with Crippen LogP contribution in [0.2, 0.25) is 0 Å². The smallest absolute Gasteiger partial charge is 0.349 e. The molecular weight excluding hydrogens is 336 g/mol. The molecule has 0 bridgehead atoms. The topological polar surface area (TPSA) is 52.6 Å². The quantitative estimate of drug-likeness (QED) is 0.470. The maximum absolute atomic E-state index is 11.6. The van der Waals surface area contributed by atoms with Crippen LogP contribution < -0.4 is 9.47 Å². The summed E-state index contributed by atoms with van der Waals surface area (Å²) in [6, 6.07) is 13.5. The number of hydrogen-bond acceptors (Lipinski definition) is 4. The Morgan fingerprint density at radius 3 is 2.10 bits per heavy atom. The highest BCUT2D eigenvalue weighted by Gasteiger charge is 2.06. The summed E-state index contributed by atoms with van der Waals surface area (Å²) in [4.78, 5) is 22.8. The molecule has 21 heavy (non-hydrogen) atoms. The summed E-state index contributed by atoms with van der Waals surface area (Å²) in [6.07, 6.45) is 0. The molecule has 0 atom stereocenters. The number of ether oxygens (including phenoxy) is 2. The van der Waals surface area contributed by atoms with Crippen LogP contribution in [0, 0.1) is 0 Å². The number of hydrogen-bond donors (Lipinski definition) is 0. The predicted octanol–water partition coefficient (Wildman–Crippen LogP) is 3.64. The van der Waals surface area contributed by atoms with E-state index in [0.29, 0.717) is 17.1 Å². The van der Waals surface area contributed by atoms with E-state index in [9.17, 15) is 9.59 Å². The van der Waals surface area contributed by atoms with Crippen LogP contribution >= 0.6 is 15.9 Å². The monoisotopic (exact) mass is 348 g/mol. The molecule has 5 heteroatoms. The fourth-order valence-electron chi connectivity index (χ4n) is 1.59. The molecule has 4 nitrogen and oxygen atoms in total. The highest BCUT2D eigenvalue weighted by atomic mass is 79.9. The third-order valence-electron chi connectivity index (χ3n) is 2.66. The molecular formula is C16H13BrO4. The van der Waals surface area contributed by atoms with Gasteiger partial charge in [-0.3, -0.25) is 4.79 Å². The van der Waals surface area contributed by atoms with E-state index in [-0.39, 0.29) is 12.4 Å². The molecule has 0 amide bonds. The van der Waals surface area contributed by atoms with Crippen molar-refractivity contribution in [3.05, 3.63) is 58.6 Å². The molecule has 0 aliphatic rings. The molecule has 2 aromatic rings. The Hall–Kier alpha value is -2.14. The molecule has 0 saturated carbocycles. The average Bonchev–Trinajstić information content (AvgIpc) is 2.48. The van der Waals surface area contributed by atoms with Crippen LogP contribution in [0.25, 0.3) is 0 Å². The Bertz CT molecular complexity index is 632. The van der Waals surface area contributed by atoms with Crippen LogP contribution in [0.1, 0.15) is 17.3 Å². The third-order valence-corrected chi connectivity index (χ3v) is 3.19. The maximum Gasteiger partial charge on any atom is 0.349 e. The van der Waals surface area contributed by atoms with Gasteiger partial charge in [0.05, 0.1) is 0 Å². The highest BCUT2D eigenvalue weighted by Crippen LogP contribution is 2.17. The van der Waals surface area contributed by atoms with Crippen molar-refractivity contribution < 1.29 is 19.1 Å². The number of carbonyl (C=O) groups is 2. The Kier molecular flexibility index (Phi) is 5.11. The van der Waals surface area contributed by atoms with Gasteiger partial charge < -0.3 is 9.47 Å². The van der Waals surface area contributed by atoms with Gasteiger partial charge in [-0.1, -0.05) is 15.9 Å². The van der Waals surface area contributed by atoms with Gasteiger partial charge in [-0.25, -0.2) is 4.79 Å². The first kappa shape index (κ1) is 15.3. The van der Waals surface area contributed by atoms with E-state index in [1.54, 1.807) is 48.5 Å². The van der Waals surface area contributed by atoms with Gasteiger partial charge in [-0.05, 0) is 55.5 Å². The molecule has 2 aromatic carbocycles. The van der Waals surface area contributed by atoms with Gasteiger partial charge in [-0.2, -0.15) is 0 Å². The van der Waals surface area contributed by atoms with Crippen molar-refractivity contribution in [2.75, 3.05) is 6.61 Å². The first-order valence-corrected chi connectivity index (χ1v) is 7.04. The van der Waals surface area contributed by atoms with Crippen LogP contribution in [0.3, 0.4) is 0 Å². The zero-order valence-electron chi connectivity index (χ0n) is 11.3. The molecule has 0 aromatic heterocycles. The molecule has 0 aliphatic heterocycles. The summed E-state index contributed by atoms with van der Waals surface area (Å²) in [6.45, 7) is 1.29. The predicted molar refractivity (Wildman–Crippen MR) is 81.7 cm³/mol. The summed E-state index contributed by atoms with van der Waals surface area (Å²) in [5.74, 6) is 0.454. The van der Waals surface area contributed by atoms with E-state index in [1.807, 2.05) is 0 Å². The molecule has 0 saturated heterocycles. The average molecular weight is 349 g/mol. The summed E-state index contributed by atoms with van der Waals surface area (Å²) < 4.78 is 11.3. The van der Waals surface area contributed by atoms with Gasteiger partial charge >= 0.3 is 5.97 Å². The number of Topliss-reactive ketones (excluding diaryl/α,β-unsaturated/α-hetero) is 1. The van der Waals surface area contributed by atoms with Crippen molar-refractivity contribution in [1.29, 1.82) is 0 Å². The number of benzene rings is 2. The summed E-state index contributed by atoms with van der Waals surface area (Å²) in [5.41, 5.74) is 0.597. The van der Waals surface area contributed by atoms with Crippen LogP contribution in [-0.2, 0) is 4.79 Å². The van der Waals surface area contributed by atoms with Gasteiger partial charge in [0.2, 0.25) is 0 Å². The minimum absolute atomic E-state index is 0.0174. The van der Waals surface area contributed by atoms with E-state index >= 15 is 0 Å². The largest absolute Gasteiger partial charge is 0.482 e. The Balaban J connectivity index is 1.86. The molecule has 2 rings (SSSR count). The van der Waals surface area contributed by atoms with Crippen molar-refractivity contribution in [2.45, 2.75) is 6.92 Å². The van der Waals surface area contributed by atoms with Crippen LogP contribution in [0.5, 0.6) is 11.5 Å². The Labute approximate surface area is 130 Å². The van der Waals surface area contributed by atoms with Crippen molar-refractivity contribution >= 4 is 27.7 Å². The fraction of sp³-hybridized carbons (Fsp3) is 0.125. The second kappa shape index (κ2) is 7.04. The van der Waals surface area contributed by atoms with Crippen LogP contribution in [-0.4, -0.2) is 18.4 Å². The number of ketones is 1. The summed E-state index contributed by atoms with van der Waals surface area (Å²) >= 11 is 3.30. The molecule has 0 unspecified atom stereocenters. The molecule has 108 valence electrons. The molecule has 0 heterocycles. The van der Waals surface area contributed by atoms with Gasteiger partial charge in [0, 0.05) is 10.0 Å². The number of esters is 1. The van der Waals surface area contributed by atoms with Crippen molar-refractivity contribution in [3.63, 3.8) is 0 Å². The number of halogens is 1. The summed E-state index contributed by atoms with van der Waals surface area (Å²) in [7, 11) is 0. The van der Waals surface area contributed by atoms with Crippen molar-refractivity contribution in [1.82, 2.24) is 0 Å². The van der Waals surface area contributed by atoms with E-state index in [1.165, 1.54) is 6.92 Å². The minimum Gasteiger partial charge on any atom is -0.482 e. The Morgan fingerprint density at radius 1 is 0.952 bits per heavy atom. The first-order chi connectivity index (χ1) is 10.0. The van der Waals surface area contributed by atoms with Gasteiger partial charge in [0.25, 0.3) is 0 Å². The lowest BCUT2D eigenvalue weighted by molar-refractivity contribution is -0.136. The van der Waals surface area contributed by atoms with E-state index in [2.05, 4.69) is 15.9 Å². The van der Waals surface area contributed by atoms with Gasteiger partial charge in [-0.15, -0.1) is 0 Å². The second-order valence-corrected chi connectivity index (χ2v) is 5.21. The third kappa shape index (κ3) is 4.72. The lowest BCUT2D eigenvalue weighted by Crippen LogP contribution is -2.17. The standard InChI is InChI=1S/C16H13BrO4/c1-11(18)12-2-6-14(7-3-12)20-10-16(19)21-15-8-4-13(17)5-9-15/h2-9H,10H2,1H3. The van der Waals surface area contributed by atoms with Crippen molar-refractivity contribution in [2.24, 2.45) is 0 Å². The van der Waals surface area contributed by atoms with E-state index in [0.717, 1.165) is 4.47 Å². The zero-order valence-corrected chi connectivity index (χ0v) is 12.9. The van der Waals surface area contributed by atoms with E-state index < -0.39 is 5.97 Å². The SMILES string of the molecule is CC(=O)c1ccc(OCC(=O)Oc2ccc(Br)cc2)cc1. The normalized spacial score (nSPS) is 10.0. The Morgan fingerprint density at radius 2 is 1.52 bits per heavy atom. The summed E-state index contributed by atoms with van der Waals surface area (Å²) in [5, 5.41) is 0. The fourth-order valence-corrected chi connectivity index (χ4v) is 1.86. The minimum atomic E-state index is -0.493. The second-order valence-electron chi connectivity index (χ2n) is 4.30. The molecule has 0 aliphatic carbocycles. The lowest BCUT2D eigenvalue weighted by Gasteiger charge is -2.07. The van der Waals surface area contributed by atoms with E-state index in [4.69, 9.17) is 9.47 Å². The van der Waals surface area contributed by atoms with Gasteiger partial charge in [0.15, 0.2) is 12.4 Å². The molecule has 0 fully saturated rings. The highest BCUT2D eigenvalue weighted by molar-refractivity contribution is 9.10. The molecule has 0 radical (unpaired) electrons. The molecule has 0 N–H and O–H groups in total. The van der Waals surface area contributed by atoms with Crippen LogP contribution in [0.15, 0.2) is 53.0 Å². The van der Waals surface area contributed by atoms with Gasteiger partial charge in [0.1, 0.15) is 11.5 Å². The number of rotatable bonds is 5. The number of carbonyl (C=O) groups excluding carboxylic acids is 2. The maximum atomic E-state index is 11.6. The first-order valence-electron chi connectivity index (χ1n) is 6.24.